The Labute approximate surface area is 113 Å². The second-order valence-electron chi connectivity index (χ2n) is 5.24. The Kier molecular flexibility index (Phi) is 3.88. The fourth-order valence-corrected chi connectivity index (χ4v) is 2.51. The molecule has 4 nitrogen and oxygen atoms in total. The third-order valence-electron chi connectivity index (χ3n) is 3.34. The summed E-state index contributed by atoms with van der Waals surface area (Å²) in [6.45, 7) is 4.06. The largest absolute Gasteiger partial charge is 0.467 e. The van der Waals surface area contributed by atoms with Gasteiger partial charge < -0.3 is 4.74 Å². The normalized spacial score (nSPS) is 15.6. The van der Waals surface area contributed by atoms with Crippen LogP contribution in [-0.2, 0) is 20.7 Å². The van der Waals surface area contributed by atoms with Crippen LogP contribution in [-0.4, -0.2) is 25.0 Å². The topological polar surface area (TPSA) is 46.6 Å². The molecule has 1 aliphatic heterocycles. The van der Waals surface area contributed by atoms with E-state index < -0.39 is 6.04 Å². The van der Waals surface area contributed by atoms with Crippen LogP contribution in [0.2, 0.25) is 0 Å². The highest BCUT2D eigenvalue weighted by molar-refractivity contribution is 6.05. The minimum atomic E-state index is -0.527. The zero-order valence-electron chi connectivity index (χ0n) is 11.6. The van der Waals surface area contributed by atoms with Gasteiger partial charge in [0.05, 0.1) is 13.5 Å². The Bertz CT molecular complexity index is 496. The molecule has 0 saturated heterocycles. The smallest absolute Gasteiger partial charge is 0.328 e. The fraction of sp³-hybridized carbons (Fsp3) is 0.467. The Morgan fingerprint density at radius 1 is 1.37 bits per heavy atom. The monoisotopic (exact) mass is 261 g/mol. The average Bonchev–Trinajstić information content (AvgIpc) is 2.70. The molecule has 2 rings (SSSR count). The quantitative estimate of drug-likeness (QED) is 0.780. The third-order valence-corrected chi connectivity index (χ3v) is 3.34. The molecular weight excluding hydrogens is 242 g/mol. The number of nitrogens with zero attached hydrogens (tertiary/aromatic N) is 1. The molecule has 1 atom stereocenters. The van der Waals surface area contributed by atoms with Crippen molar-refractivity contribution in [2.75, 3.05) is 12.0 Å². The number of benzene rings is 1. The summed E-state index contributed by atoms with van der Waals surface area (Å²) in [6.07, 6.45) is 0.967. The van der Waals surface area contributed by atoms with E-state index >= 15 is 0 Å². The van der Waals surface area contributed by atoms with E-state index in [1.165, 1.54) is 7.11 Å². The molecule has 1 unspecified atom stereocenters. The summed E-state index contributed by atoms with van der Waals surface area (Å²) in [5.41, 5.74) is 1.81. The number of methoxy groups -OCH3 is 1. The highest BCUT2D eigenvalue weighted by Crippen LogP contribution is 2.32. The van der Waals surface area contributed by atoms with Gasteiger partial charge in [0.1, 0.15) is 6.04 Å². The summed E-state index contributed by atoms with van der Waals surface area (Å²) in [4.78, 5) is 25.8. The molecule has 1 amide bonds. The SMILES string of the molecule is COC(=O)C(CC(C)C)N1C(=O)Cc2ccccc21. The number of amides is 1. The zero-order valence-corrected chi connectivity index (χ0v) is 11.6. The van der Waals surface area contributed by atoms with Crippen molar-refractivity contribution in [3.63, 3.8) is 0 Å². The molecule has 0 fully saturated rings. The van der Waals surface area contributed by atoms with E-state index in [-0.39, 0.29) is 11.9 Å². The van der Waals surface area contributed by atoms with E-state index in [4.69, 9.17) is 4.74 Å². The lowest BCUT2D eigenvalue weighted by atomic mass is 10.0. The van der Waals surface area contributed by atoms with Crippen LogP contribution in [0.3, 0.4) is 0 Å². The van der Waals surface area contributed by atoms with Crippen molar-refractivity contribution in [3.8, 4) is 0 Å². The van der Waals surface area contributed by atoms with Crippen LogP contribution in [0.25, 0.3) is 0 Å². The highest BCUT2D eigenvalue weighted by atomic mass is 16.5. The van der Waals surface area contributed by atoms with Crippen molar-refractivity contribution >= 4 is 17.6 Å². The van der Waals surface area contributed by atoms with E-state index in [2.05, 4.69) is 0 Å². The van der Waals surface area contributed by atoms with Crippen LogP contribution < -0.4 is 4.90 Å². The number of carbonyl (C=O) groups is 2. The second kappa shape index (κ2) is 5.43. The first-order valence-corrected chi connectivity index (χ1v) is 6.52. The van der Waals surface area contributed by atoms with Gasteiger partial charge in [0, 0.05) is 5.69 Å². The van der Waals surface area contributed by atoms with Crippen LogP contribution in [0.15, 0.2) is 24.3 Å². The molecule has 0 N–H and O–H groups in total. The molecule has 19 heavy (non-hydrogen) atoms. The van der Waals surface area contributed by atoms with Gasteiger partial charge in [-0.3, -0.25) is 9.69 Å². The zero-order chi connectivity index (χ0) is 14.0. The standard InChI is InChI=1S/C15H19NO3/c1-10(2)8-13(15(18)19-3)16-12-7-5-4-6-11(12)9-14(16)17/h4-7,10,13H,8-9H2,1-3H3. The molecule has 0 aromatic heterocycles. The molecule has 102 valence electrons. The summed E-state index contributed by atoms with van der Waals surface area (Å²) in [5, 5.41) is 0. The predicted octanol–water partition coefficient (Wildman–Crippen LogP) is 2.16. The van der Waals surface area contributed by atoms with Crippen molar-refractivity contribution in [3.05, 3.63) is 29.8 Å². The molecule has 4 heteroatoms. The number of ether oxygens (including phenoxy) is 1. The minimum Gasteiger partial charge on any atom is -0.467 e. The van der Waals surface area contributed by atoms with Crippen LogP contribution in [0.5, 0.6) is 0 Å². The van der Waals surface area contributed by atoms with Crippen molar-refractivity contribution in [2.24, 2.45) is 5.92 Å². The van der Waals surface area contributed by atoms with E-state index in [1.807, 2.05) is 38.1 Å². The number of rotatable bonds is 4. The maximum Gasteiger partial charge on any atom is 0.328 e. The lowest BCUT2D eigenvalue weighted by Gasteiger charge is -2.27. The first-order chi connectivity index (χ1) is 9.04. The van der Waals surface area contributed by atoms with Gasteiger partial charge in [-0.2, -0.15) is 0 Å². The second-order valence-corrected chi connectivity index (χ2v) is 5.24. The van der Waals surface area contributed by atoms with Crippen LogP contribution in [0.4, 0.5) is 5.69 Å². The molecule has 0 aliphatic carbocycles. The molecule has 1 aromatic rings. The Morgan fingerprint density at radius 2 is 2.05 bits per heavy atom. The number of para-hydroxylation sites is 1. The molecule has 1 aliphatic rings. The molecule has 0 spiro atoms. The van der Waals surface area contributed by atoms with Gasteiger partial charge in [0.15, 0.2) is 0 Å². The number of fused-ring (bicyclic) bond motifs is 1. The number of hydrogen-bond acceptors (Lipinski definition) is 3. The Morgan fingerprint density at radius 3 is 2.68 bits per heavy atom. The summed E-state index contributed by atoms with van der Waals surface area (Å²) in [6, 6.07) is 7.08. The first kappa shape index (κ1) is 13.6. The average molecular weight is 261 g/mol. The molecule has 0 radical (unpaired) electrons. The van der Waals surface area contributed by atoms with Gasteiger partial charge in [-0.05, 0) is 24.0 Å². The summed E-state index contributed by atoms with van der Waals surface area (Å²) in [7, 11) is 1.36. The van der Waals surface area contributed by atoms with Gasteiger partial charge in [-0.1, -0.05) is 32.0 Å². The number of anilines is 1. The highest BCUT2D eigenvalue weighted by Gasteiger charge is 2.37. The molecular formula is C15H19NO3. The van der Waals surface area contributed by atoms with E-state index in [1.54, 1.807) is 4.90 Å². The predicted molar refractivity (Wildman–Crippen MR) is 72.9 cm³/mol. The fourth-order valence-electron chi connectivity index (χ4n) is 2.51. The van der Waals surface area contributed by atoms with E-state index in [9.17, 15) is 9.59 Å². The Balaban J connectivity index is 2.36. The van der Waals surface area contributed by atoms with Crippen molar-refractivity contribution in [2.45, 2.75) is 32.7 Å². The van der Waals surface area contributed by atoms with Gasteiger partial charge in [-0.15, -0.1) is 0 Å². The summed E-state index contributed by atoms with van der Waals surface area (Å²) < 4.78 is 4.86. The van der Waals surface area contributed by atoms with Gasteiger partial charge in [0.2, 0.25) is 5.91 Å². The number of carbonyl (C=O) groups excluding carboxylic acids is 2. The van der Waals surface area contributed by atoms with E-state index in [0.29, 0.717) is 18.8 Å². The lowest BCUT2D eigenvalue weighted by molar-refractivity contribution is -0.143. The van der Waals surface area contributed by atoms with Gasteiger partial charge >= 0.3 is 5.97 Å². The Hall–Kier alpha value is -1.84. The minimum absolute atomic E-state index is 0.0303. The van der Waals surface area contributed by atoms with Crippen LogP contribution in [0.1, 0.15) is 25.8 Å². The molecule has 0 bridgehead atoms. The maximum atomic E-state index is 12.2. The van der Waals surface area contributed by atoms with Gasteiger partial charge in [-0.25, -0.2) is 4.79 Å². The summed E-state index contributed by atoms with van der Waals surface area (Å²) in [5.74, 6) is -0.0688. The number of esters is 1. The molecule has 0 saturated carbocycles. The van der Waals surface area contributed by atoms with Crippen molar-refractivity contribution in [1.29, 1.82) is 0 Å². The first-order valence-electron chi connectivity index (χ1n) is 6.52. The third kappa shape index (κ3) is 2.62. The number of hydrogen-bond donors (Lipinski definition) is 0. The lowest BCUT2D eigenvalue weighted by Crippen LogP contribution is -2.44. The molecule has 1 heterocycles. The van der Waals surface area contributed by atoms with Crippen LogP contribution in [0, 0.1) is 5.92 Å². The van der Waals surface area contributed by atoms with Crippen molar-refractivity contribution < 1.29 is 14.3 Å². The van der Waals surface area contributed by atoms with Crippen LogP contribution >= 0.6 is 0 Å². The van der Waals surface area contributed by atoms with Gasteiger partial charge in [0.25, 0.3) is 0 Å². The maximum absolute atomic E-state index is 12.2. The summed E-state index contributed by atoms with van der Waals surface area (Å²) >= 11 is 0. The van der Waals surface area contributed by atoms with Crippen molar-refractivity contribution in [1.82, 2.24) is 0 Å². The molecule has 1 aromatic carbocycles. The van der Waals surface area contributed by atoms with E-state index in [0.717, 1.165) is 11.3 Å².